The van der Waals surface area contributed by atoms with Crippen LogP contribution in [0.5, 0.6) is 5.75 Å². The number of rotatable bonds is 6. The number of hydrogen-bond acceptors (Lipinski definition) is 2. The lowest BCUT2D eigenvalue weighted by Gasteiger charge is -2.09. The van der Waals surface area contributed by atoms with Crippen molar-refractivity contribution in [2.24, 2.45) is 0 Å². The summed E-state index contributed by atoms with van der Waals surface area (Å²) < 4.78 is 5.82. The molecule has 0 heterocycles. The minimum Gasteiger partial charge on any atom is -0.489 e. The van der Waals surface area contributed by atoms with E-state index in [1.54, 1.807) is 0 Å². The average molecular weight is 290 g/mol. The molecule has 2 aromatic carbocycles. The lowest BCUT2D eigenvalue weighted by atomic mass is 10.1. The second kappa shape index (κ2) is 7.32. The predicted octanol–water partition coefficient (Wildman–Crippen LogP) is 4.17. The first kappa shape index (κ1) is 14.9. The van der Waals surface area contributed by atoms with Crippen molar-refractivity contribution in [3.8, 4) is 5.75 Å². The highest BCUT2D eigenvalue weighted by Crippen LogP contribution is 2.16. The molecule has 2 aromatic rings. The Hall–Kier alpha value is -1.51. The zero-order valence-corrected chi connectivity index (χ0v) is 12.7. The first-order valence-electron chi connectivity index (χ1n) is 6.80. The van der Waals surface area contributed by atoms with Gasteiger partial charge in [0, 0.05) is 6.54 Å². The summed E-state index contributed by atoms with van der Waals surface area (Å²) >= 11 is 5.45. The molecule has 3 heteroatoms. The maximum absolute atomic E-state index is 5.82. The molecule has 2 rings (SSSR count). The van der Waals surface area contributed by atoms with Gasteiger partial charge in [-0.1, -0.05) is 41.5 Å². The Kier molecular flexibility index (Phi) is 5.45. The smallest absolute Gasteiger partial charge is 0.119 e. The van der Waals surface area contributed by atoms with Crippen LogP contribution in [0.2, 0.25) is 0 Å². The van der Waals surface area contributed by atoms with Crippen LogP contribution >= 0.6 is 11.8 Å². The Morgan fingerprint density at radius 3 is 2.20 bits per heavy atom. The lowest BCUT2D eigenvalue weighted by molar-refractivity contribution is 0.306. The molecule has 0 atom stereocenters. The number of hydrogen-bond donors (Lipinski definition) is 1. The van der Waals surface area contributed by atoms with Crippen molar-refractivity contribution < 1.29 is 4.74 Å². The van der Waals surface area contributed by atoms with E-state index >= 15 is 0 Å². The molecule has 106 valence electrons. The van der Waals surface area contributed by atoms with Gasteiger partial charge in [0.05, 0.1) is 0 Å². The molecule has 0 aliphatic carbocycles. The van der Waals surface area contributed by atoms with Crippen LogP contribution in [0.15, 0.2) is 42.5 Å². The second-order valence-electron chi connectivity index (χ2n) is 5.06. The van der Waals surface area contributed by atoms with Gasteiger partial charge in [0.25, 0.3) is 0 Å². The molecule has 0 spiro atoms. The molecule has 0 saturated carbocycles. The summed E-state index contributed by atoms with van der Waals surface area (Å²) in [7, 11) is 0. The van der Waals surface area contributed by atoms with Gasteiger partial charge in [-0.3, -0.25) is 0 Å². The largest absolute Gasteiger partial charge is 0.489 e. The number of nitrogens with one attached hydrogen (secondary N) is 1. The van der Waals surface area contributed by atoms with E-state index in [-0.39, 0.29) is 0 Å². The molecule has 0 radical (unpaired) electrons. The van der Waals surface area contributed by atoms with Crippen LogP contribution in [0, 0.1) is 13.8 Å². The Bertz CT molecular complexity index is 531. The number of aryl methyl sites for hydroxylation is 2. The first-order chi connectivity index (χ1) is 9.67. The molecule has 1 N–H and O–H groups in total. The van der Waals surface area contributed by atoms with Crippen molar-refractivity contribution in [3.05, 3.63) is 64.7 Å². The van der Waals surface area contributed by atoms with Gasteiger partial charge >= 0.3 is 0 Å². The van der Waals surface area contributed by atoms with E-state index in [1.807, 2.05) is 12.1 Å². The van der Waals surface area contributed by atoms with Crippen molar-refractivity contribution in [2.45, 2.75) is 26.9 Å². The molecule has 0 amide bonds. The summed E-state index contributed by atoms with van der Waals surface area (Å²) in [5, 5.41) is 0. The lowest BCUT2D eigenvalue weighted by Crippen LogP contribution is -2.04. The molecule has 0 saturated heterocycles. The van der Waals surface area contributed by atoms with Crippen molar-refractivity contribution in [2.75, 3.05) is 6.54 Å². The van der Waals surface area contributed by atoms with Crippen LogP contribution in [0.4, 0.5) is 0 Å². The van der Waals surface area contributed by atoms with Crippen molar-refractivity contribution in [1.82, 2.24) is 4.84 Å². The standard InChI is InChI=1S/C17H20ClNO/c1-13-9-14(2)11-16(10-13)12-20-17-5-3-15(4-6-17)7-8-19-18/h3-6,9-11,19H,7-8,12H2,1-2H3. The molecule has 0 aromatic heterocycles. The van der Waals surface area contributed by atoms with Gasteiger partial charge in [0.2, 0.25) is 0 Å². The quantitative estimate of drug-likeness (QED) is 0.806. The molecule has 20 heavy (non-hydrogen) atoms. The van der Waals surface area contributed by atoms with E-state index in [9.17, 15) is 0 Å². The highest BCUT2D eigenvalue weighted by atomic mass is 35.5. The topological polar surface area (TPSA) is 21.3 Å². The zero-order valence-electron chi connectivity index (χ0n) is 11.9. The van der Waals surface area contributed by atoms with Gasteiger partial charge in [-0.2, -0.15) is 0 Å². The van der Waals surface area contributed by atoms with Crippen molar-refractivity contribution >= 4 is 11.8 Å². The minimum absolute atomic E-state index is 0.602. The summed E-state index contributed by atoms with van der Waals surface area (Å²) in [4.78, 5) is 2.63. The molecule has 0 aliphatic rings. The van der Waals surface area contributed by atoms with Crippen LogP contribution in [-0.2, 0) is 13.0 Å². The minimum atomic E-state index is 0.602. The van der Waals surface area contributed by atoms with Gasteiger partial charge in [-0.25, -0.2) is 4.84 Å². The summed E-state index contributed by atoms with van der Waals surface area (Å²) in [6.07, 6.45) is 0.918. The van der Waals surface area contributed by atoms with Crippen molar-refractivity contribution in [3.63, 3.8) is 0 Å². The van der Waals surface area contributed by atoms with Gasteiger partial charge in [0.15, 0.2) is 0 Å². The molecule has 0 aliphatic heterocycles. The SMILES string of the molecule is Cc1cc(C)cc(COc2ccc(CCNCl)cc2)c1. The molecule has 0 bridgehead atoms. The summed E-state index contributed by atoms with van der Waals surface area (Å²) in [6, 6.07) is 14.7. The molecular weight excluding hydrogens is 270 g/mol. The first-order valence-corrected chi connectivity index (χ1v) is 7.17. The van der Waals surface area contributed by atoms with E-state index in [4.69, 9.17) is 16.5 Å². The Morgan fingerprint density at radius 2 is 1.60 bits per heavy atom. The third kappa shape index (κ3) is 4.55. The van der Waals surface area contributed by atoms with Crippen LogP contribution in [0.25, 0.3) is 0 Å². The van der Waals surface area contributed by atoms with E-state index in [0.717, 1.165) is 18.7 Å². The highest BCUT2D eigenvalue weighted by Gasteiger charge is 1.99. The Balaban J connectivity index is 1.93. The van der Waals surface area contributed by atoms with E-state index in [1.165, 1.54) is 22.3 Å². The van der Waals surface area contributed by atoms with Crippen LogP contribution in [-0.4, -0.2) is 6.54 Å². The average Bonchev–Trinajstić information content (AvgIpc) is 2.43. The molecular formula is C17H20ClNO. The summed E-state index contributed by atoms with van der Waals surface area (Å²) in [5.74, 6) is 0.895. The third-order valence-corrected chi connectivity index (χ3v) is 3.31. The zero-order chi connectivity index (χ0) is 14.4. The maximum Gasteiger partial charge on any atom is 0.119 e. The highest BCUT2D eigenvalue weighted by molar-refractivity contribution is 6.13. The molecule has 2 nitrogen and oxygen atoms in total. The van der Waals surface area contributed by atoms with Crippen LogP contribution in [0.3, 0.4) is 0 Å². The van der Waals surface area contributed by atoms with Gasteiger partial charge in [-0.15, -0.1) is 0 Å². The monoisotopic (exact) mass is 289 g/mol. The fourth-order valence-electron chi connectivity index (χ4n) is 2.26. The Labute approximate surface area is 125 Å². The predicted molar refractivity (Wildman–Crippen MR) is 84.2 cm³/mol. The molecule has 0 fully saturated rings. The van der Waals surface area contributed by atoms with E-state index in [0.29, 0.717) is 6.61 Å². The van der Waals surface area contributed by atoms with Crippen LogP contribution in [0.1, 0.15) is 22.3 Å². The van der Waals surface area contributed by atoms with Gasteiger partial charge in [-0.05, 0) is 55.3 Å². The van der Waals surface area contributed by atoms with Crippen LogP contribution < -0.4 is 9.57 Å². The number of ether oxygens (including phenoxy) is 1. The summed E-state index contributed by atoms with van der Waals surface area (Å²) in [5.41, 5.74) is 5.00. The second-order valence-corrected chi connectivity index (χ2v) is 5.33. The number of halogens is 1. The molecule has 0 unspecified atom stereocenters. The fraction of sp³-hybridized carbons (Fsp3) is 0.294. The number of benzene rings is 2. The van der Waals surface area contributed by atoms with E-state index < -0.39 is 0 Å². The third-order valence-electron chi connectivity index (χ3n) is 3.12. The van der Waals surface area contributed by atoms with Gasteiger partial charge < -0.3 is 4.74 Å². The fourth-order valence-corrected chi connectivity index (χ4v) is 2.36. The van der Waals surface area contributed by atoms with E-state index in [2.05, 4.69) is 49.0 Å². The summed E-state index contributed by atoms with van der Waals surface area (Å²) in [6.45, 7) is 5.59. The Morgan fingerprint density at radius 1 is 0.950 bits per heavy atom. The van der Waals surface area contributed by atoms with Gasteiger partial charge in [0.1, 0.15) is 12.4 Å². The maximum atomic E-state index is 5.82. The van der Waals surface area contributed by atoms with Crippen molar-refractivity contribution in [1.29, 1.82) is 0 Å². The normalized spacial score (nSPS) is 10.6.